The quantitative estimate of drug-likeness (QED) is 0.877. The molecular weight excluding hydrogens is 268 g/mol. The number of hydrogen-bond acceptors (Lipinski definition) is 3. The lowest BCUT2D eigenvalue weighted by Crippen LogP contribution is -2.37. The van der Waals surface area contributed by atoms with Gasteiger partial charge in [-0.1, -0.05) is 26.0 Å². The maximum absolute atomic E-state index is 11.7. The van der Waals surface area contributed by atoms with E-state index in [9.17, 15) is 9.59 Å². The van der Waals surface area contributed by atoms with Crippen molar-refractivity contribution in [2.75, 3.05) is 24.6 Å². The SMILES string of the molecule is CCOC(=O)NCCN(C(C)=O)c1ccc(C(C)C)cc1. The molecule has 116 valence electrons. The summed E-state index contributed by atoms with van der Waals surface area (Å²) in [5.41, 5.74) is 2.06. The first-order valence-corrected chi connectivity index (χ1v) is 7.24. The van der Waals surface area contributed by atoms with Gasteiger partial charge in [0.2, 0.25) is 5.91 Å². The molecule has 0 fully saturated rings. The highest BCUT2D eigenvalue weighted by molar-refractivity contribution is 5.91. The molecule has 0 spiro atoms. The van der Waals surface area contributed by atoms with Crippen LogP contribution in [-0.2, 0) is 9.53 Å². The molecule has 1 aromatic carbocycles. The van der Waals surface area contributed by atoms with Gasteiger partial charge in [-0.3, -0.25) is 4.79 Å². The van der Waals surface area contributed by atoms with Gasteiger partial charge in [-0.05, 0) is 30.5 Å². The molecule has 0 atom stereocenters. The number of hydrogen-bond donors (Lipinski definition) is 1. The maximum Gasteiger partial charge on any atom is 0.407 e. The number of carbonyl (C=O) groups is 2. The standard InChI is InChI=1S/C16H24N2O3/c1-5-21-16(20)17-10-11-18(13(4)19)15-8-6-14(7-9-15)12(2)3/h6-9,12H,5,10-11H2,1-4H3,(H,17,20). The smallest absolute Gasteiger partial charge is 0.407 e. The predicted octanol–water partition coefficient (Wildman–Crippen LogP) is 2.91. The van der Waals surface area contributed by atoms with E-state index in [1.54, 1.807) is 11.8 Å². The lowest BCUT2D eigenvalue weighted by Gasteiger charge is -2.22. The fourth-order valence-electron chi connectivity index (χ4n) is 1.96. The average molecular weight is 292 g/mol. The molecule has 0 aromatic heterocycles. The van der Waals surface area contributed by atoms with Crippen molar-refractivity contribution in [2.24, 2.45) is 0 Å². The molecule has 0 aliphatic heterocycles. The highest BCUT2D eigenvalue weighted by Crippen LogP contribution is 2.20. The molecule has 0 bridgehead atoms. The molecule has 5 nitrogen and oxygen atoms in total. The summed E-state index contributed by atoms with van der Waals surface area (Å²) in [6, 6.07) is 7.91. The van der Waals surface area contributed by atoms with E-state index in [2.05, 4.69) is 19.2 Å². The van der Waals surface area contributed by atoms with Crippen LogP contribution in [-0.4, -0.2) is 31.7 Å². The number of nitrogens with one attached hydrogen (secondary N) is 1. The van der Waals surface area contributed by atoms with E-state index in [0.717, 1.165) is 5.69 Å². The van der Waals surface area contributed by atoms with Gasteiger partial charge in [0.1, 0.15) is 0 Å². The zero-order chi connectivity index (χ0) is 15.8. The van der Waals surface area contributed by atoms with Crippen LogP contribution in [0, 0.1) is 0 Å². The third-order valence-corrected chi connectivity index (χ3v) is 3.13. The number of alkyl carbamates (subject to hydrolysis) is 1. The molecule has 0 saturated heterocycles. The minimum Gasteiger partial charge on any atom is -0.450 e. The topological polar surface area (TPSA) is 58.6 Å². The van der Waals surface area contributed by atoms with Gasteiger partial charge in [0.05, 0.1) is 6.61 Å². The number of nitrogens with zero attached hydrogens (tertiary/aromatic N) is 1. The number of amides is 2. The largest absolute Gasteiger partial charge is 0.450 e. The Balaban J connectivity index is 2.65. The van der Waals surface area contributed by atoms with Crippen molar-refractivity contribution in [3.8, 4) is 0 Å². The van der Waals surface area contributed by atoms with Gasteiger partial charge in [-0.25, -0.2) is 4.79 Å². The molecule has 0 saturated carbocycles. The molecule has 1 N–H and O–H groups in total. The van der Waals surface area contributed by atoms with Crippen LogP contribution < -0.4 is 10.2 Å². The molecule has 1 aromatic rings. The summed E-state index contributed by atoms with van der Waals surface area (Å²) in [5.74, 6) is 0.397. The fraction of sp³-hybridized carbons (Fsp3) is 0.500. The number of benzene rings is 1. The predicted molar refractivity (Wildman–Crippen MR) is 83.6 cm³/mol. The summed E-state index contributed by atoms with van der Waals surface area (Å²) in [4.78, 5) is 24.6. The lowest BCUT2D eigenvalue weighted by atomic mass is 10.0. The summed E-state index contributed by atoms with van der Waals surface area (Å²) >= 11 is 0. The van der Waals surface area contributed by atoms with Crippen LogP contribution >= 0.6 is 0 Å². The van der Waals surface area contributed by atoms with Gasteiger partial charge in [-0.2, -0.15) is 0 Å². The van der Waals surface area contributed by atoms with Crippen molar-refractivity contribution < 1.29 is 14.3 Å². The Labute approximate surface area is 126 Å². The first kappa shape index (κ1) is 17.0. The monoisotopic (exact) mass is 292 g/mol. The van der Waals surface area contributed by atoms with E-state index < -0.39 is 6.09 Å². The van der Waals surface area contributed by atoms with Crippen LogP contribution in [0.5, 0.6) is 0 Å². The summed E-state index contributed by atoms with van der Waals surface area (Å²) in [7, 11) is 0. The van der Waals surface area contributed by atoms with Crippen LogP contribution in [0.4, 0.5) is 10.5 Å². The molecular formula is C16H24N2O3. The van der Waals surface area contributed by atoms with Gasteiger partial charge >= 0.3 is 6.09 Å². The fourth-order valence-corrected chi connectivity index (χ4v) is 1.96. The Kier molecular flexibility index (Phi) is 6.72. The number of rotatable bonds is 6. The zero-order valence-electron chi connectivity index (χ0n) is 13.2. The Morgan fingerprint density at radius 3 is 2.33 bits per heavy atom. The summed E-state index contributed by atoms with van der Waals surface area (Å²) in [6.45, 7) is 8.61. The first-order valence-electron chi connectivity index (χ1n) is 7.24. The minimum absolute atomic E-state index is 0.0574. The van der Waals surface area contributed by atoms with Crippen molar-refractivity contribution in [2.45, 2.75) is 33.6 Å². The second-order valence-corrected chi connectivity index (χ2v) is 5.06. The van der Waals surface area contributed by atoms with Crippen LogP contribution in [0.3, 0.4) is 0 Å². The van der Waals surface area contributed by atoms with E-state index in [4.69, 9.17) is 4.74 Å². The Hall–Kier alpha value is -2.04. The number of carbonyl (C=O) groups excluding carboxylic acids is 2. The van der Waals surface area contributed by atoms with Crippen molar-refractivity contribution in [3.63, 3.8) is 0 Å². The minimum atomic E-state index is -0.462. The molecule has 21 heavy (non-hydrogen) atoms. The van der Waals surface area contributed by atoms with Crippen molar-refractivity contribution >= 4 is 17.7 Å². The molecule has 5 heteroatoms. The molecule has 0 aliphatic carbocycles. The van der Waals surface area contributed by atoms with Crippen molar-refractivity contribution in [1.82, 2.24) is 5.32 Å². The molecule has 0 unspecified atom stereocenters. The number of anilines is 1. The zero-order valence-corrected chi connectivity index (χ0v) is 13.2. The van der Waals surface area contributed by atoms with Crippen LogP contribution in [0.2, 0.25) is 0 Å². The normalized spacial score (nSPS) is 10.3. The number of ether oxygens (including phenoxy) is 1. The molecule has 2 amide bonds. The van der Waals surface area contributed by atoms with Gasteiger partial charge < -0.3 is 15.0 Å². The molecule has 1 rings (SSSR count). The van der Waals surface area contributed by atoms with Gasteiger partial charge in [0, 0.05) is 25.7 Å². The maximum atomic E-state index is 11.7. The van der Waals surface area contributed by atoms with Crippen LogP contribution in [0.15, 0.2) is 24.3 Å². The van der Waals surface area contributed by atoms with E-state index in [-0.39, 0.29) is 5.91 Å². The van der Waals surface area contributed by atoms with E-state index in [1.807, 2.05) is 24.3 Å². The summed E-state index contributed by atoms with van der Waals surface area (Å²) < 4.78 is 4.78. The third kappa shape index (κ3) is 5.45. The van der Waals surface area contributed by atoms with Crippen LogP contribution in [0.1, 0.15) is 39.2 Å². The molecule has 0 heterocycles. The first-order chi connectivity index (χ1) is 9.95. The van der Waals surface area contributed by atoms with Gasteiger partial charge in [0.25, 0.3) is 0 Å². The second-order valence-electron chi connectivity index (χ2n) is 5.06. The molecule has 0 aliphatic rings. The third-order valence-electron chi connectivity index (χ3n) is 3.13. The Bertz CT molecular complexity index is 469. The Morgan fingerprint density at radius 1 is 1.24 bits per heavy atom. The highest BCUT2D eigenvalue weighted by Gasteiger charge is 2.12. The van der Waals surface area contributed by atoms with E-state index in [1.165, 1.54) is 12.5 Å². The Morgan fingerprint density at radius 2 is 1.86 bits per heavy atom. The average Bonchev–Trinajstić information content (AvgIpc) is 2.43. The van der Waals surface area contributed by atoms with Gasteiger partial charge in [-0.15, -0.1) is 0 Å². The second kappa shape index (κ2) is 8.29. The molecule has 0 radical (unpaired) electrons. The van der Waals surface area contributed by atoms with Crippen molar-refractivity contribution in [3.05, 3.63) is 29.8 Å². The summed E-state index contributed by atoms with van der Waals surface area (Å²) in [6.07, 6.45) is -0.462. The summed E-state index contributed by atoms with van der Waals surface area (Å²) in [5, 5.41) is 2.61. The lowest BCUT2D eigenvalue weighted by molar-refractivity contribution is -0.116. The van der Waals surface area contributed by atoms with Crippen LogP contribution in [0.25, 0.3) is 0 Å². The van der Waals surface area contributed by atoms with Gasteiger partial charge in [0.15, 0.2) is 0 Å². The van der Waals surface area contributed by atoms with E-state index >= 15 is 0 Å². The highest BCUT2D eigenvalue weighted by atomic mass is 16.5. The van der Waals surface area contributed by atoms with Crippen molar-refractivity contribution in [1.29, 1.82) is 0 Å². The van der Waals surface area contributed by atoms with E-state index in [0.29, 0.717) is 25.6 Å².